The summed E-state index contributed by atoms with van der Waals surface area (Å²) in [5.74, 6) is -0.767. The number of esters is 1. The highest BCUT2D eigenvalue weighted by Gasteiger charge is 2.34. The third-order valence-electron chi connectivity index (χ3n) is 4.03. The minimum atomic E-state index is -1.19. The van der Waals surface area contributed by atoms with Gasteiger partial charge in [0.05, 0.1) is 18.5 Å². The highest BCUT2D eigenvalue weighted by atomic mass is 16.5. The molecule has 0 radical (unpaired) electrons. The van der Waals surface area contributed by atoms with Gasteiger partial charge >= 0.3 is 5.97 Å². The number of rotatable bonds is 6. The first-order valence-electron chi connectivity index (χ1n) is 8.07. The zero-order valence-corrected chi connectivity index (χ0v) is 14.9. The van der Waals surface area contributed by atoms with Crippen LogP contribution in [0.3, 0.4) is 0 Å². The first-order valence-corrected chi connectivity index (χ1v) is 8.07. The Hall–Kier alpha value is -2.67. The standard InChI is InChI=1S/C18H24N4O3/c1-5-25-16(24)17(2,3)22-12-14(11-20-22)21-15(23)18(4,19)13-9-7-6-8-10-13/h6-12H,5,19H2,1-4H3,(H,21,23). The Balaban J connectivity index is 2.16. The maximum Gasteiger partial charge on any atom is 0.333 e. The number of benzene rings is 1. The SMILES string of the molecule is CCOC(=O)C(C)(C)n1cc(NC(=O)C(C)(N)c2ccccc2)cn1. The molecule has 0 bridgehead atoms. The maximum absolute atomic E-state index is 12.6. The molecule has 2 aromatic rings. The van der Waals surface area contributed by atoms with E-state index in [-0.39, 0.29) is 12.5 Å². The van der Waals surface area contributed by atoms with Crippen LogP contribution in [0.5, 0.6) is 0 Å². The van der Waals surface area contributed by atoms with Crippen LogP contribution >= 0.6 is 0 Å². The van der Waals surface area contributed by atoms with Crippen molar-refractivity contribution < 1.29 is 14.3 Å². The number of amides is 1. The fourth-order valence-electron chi connectivity index (χ4n) is 2.27. The van der Waals surface area contributed by atoms with Crippen LogP contribution in [0.1, 0.15) is 33.3 Å². The second-order valence-corrected chi connectivity index (χ2v) is 6.48. The second-order valence-electron chi connectivity index (χ2n) is 6.48. The largest absolute Gasteiger partial charge is 0.464 e. The molecule has 0 fully saturated rings. The first kappa shape index (κ1) is 18.7. The molecule has 1 aromatic heterocycles. The summed E-state index contributed by atoms with van der Waals surface area (Å²) in [4.78, 5) is 24.6. The Morgan fingerprint density at radius 3 is 2.48 bits per heavy atom. The molecule has 1 heterocycles. The molecule has 1 amide bonds. The van der Waals surface area contributed by atoms with Crippen LogP contribution in [0.25, 0.3) is 0 Å². The van der Waals surface area contributed by atoms with Gasteiger partial charge < -0.3 is 15.8 Å². The molecular weight excluding hydrogens is 320 g/mol. The van der Waals surface area contributed by atoms with Crippen LogP contribution in [0.4, 0.5) is 5.69 Å². The van der Waals surface area contributed by atoms with Crippen molar-refractivity contribution in [3.8, 4) is 0 Å². The van der Waals surface area contributed by atoms with Crippen LogP contribution in [-0.2, 0) is 25.4 Å². The molecule has 0 aliphatic carbocycles. The summed E-state index contributed by atoms with van der Waals surface area (Å²) < 4.78 is 6.51. The monoisotopic (exact) mass is 344 g/mol. The van der Waals surface area contributed by atoms with Gasteiger partial charge in [-0.25, -0.2) is 4.79 Å². The summed E-state index contributed by atoms with van der Waals surface area (Å²) in [6.07, 6.45) is 3.05. The van der Waals surface area contributed by atoms with E-state index >= 15 is 0 Å². The van der Waals surface area contributed by atoms with Gasteiger partial charge in [0.25, 0.3) is 0 Å². The van der Waals surface area contributed by atoms with E-state index in [0.717, 1.165) is 0 Å². The summed E-state index contributed by atoms with van der Waals surface area (Å²) >= 11 is 0. The van der Waals surface area contributed by atoms with E-state index in [0.29, 0.717) is 11.3 Å². The van der Waals surface area contributed by atoms with Crippen molar-refractivity contribution >= 4 is 17.6 Å². The lowest BCUT2D eigenvalue weighted by Gasteiger charge is -2.24. The van der Waals surface area contributed by atoms with E-state index < -0.39 is 17.0 Å². The summed E-state index contributed by atoms with van der Waals surface area (Å²) in [7, 11) is 0. The van der Waals surface area contributed by atoms with E-state index in [9.17, 15) is 9.59 Å². The smallest absolute Gasteiger partial charge is 0.333 e. The van der Waals surface area contributed by atoms with Crippen LogP contribution in [0, 0.1) is 0 Å². The number of carbonyl (C=O) groups is 2. The third kappa shape index (κ3) is 3.88. The molecule has 1 atom stereocenters. The topological polar surface area (TPSA) is 99.2 Å². The Bertz CT molecular complexity index is 751. The zero-order chi connectivity index (χ0) is 18.7. The first-order chi connectivity index (χ1) is 11.7. The molecule has 2 rings (SSSR count). The van der Waals surface area contributed by atoms with Crippen LogP contribution in [-0.4, -0.2) is 28.3 Å². The van der Waals surface area contributed by atoms with Crippen molar-refractivity contribution in [2.24, 2.45) is 5.73 Å². The van der Waals surface area contributed by atoms with Crippen molar-refractivity contribution in [3.05, 3.63) is 48.3 Å². The number of aromatic nitrogens is 2. The summed E-state index contributed by atoms with van der Waals surface area (Å²) in [6, 6.07) is 9.11. The fourth-order valence-corrected chi connectivity index (χ4v) is 2.27. The van der Waals surface area contributed by atoms with E-state index in [2.05, 4.69) is 10.4 Å². The number of nitrogens with zero attached hydrogens (tertiary/aromatic N) is 2. The number of carbonyl (C=O) groups excluding carboxylic acids is 2. The predicted octanol–water partition coefficient (Wildman–Crippen LogP) is 1.99. The van der Waals surface area contributed by atoms with Crippen molar-refractivity contribution in [3.63, 3.8) is 0 Å². The van der Waals surface area contributed by atoms with Gasteiger partial charge in [0.2, 0.25) is 5.91 Å². The van der Waals surface area contributed by atoms with Crippen LogP contribution in [0.15, 0.2) is 42.7 Å². The van der Waals surface area contributed by atoms with Crippen molar-refractivity contribution in [2.45, 2.75) is 38.8 Å². The number of ether oxygens (including phenoxy) is 1. The summed E-state index contributed by atoms with van der Waals surface area (Å²) in [6.45, 7) is 7.07. The number of anilines is 1. The lowest BCUT2D eigenvalue weighted by atomic mass is 9.92. The Kier molecular flexibility index (Phi) is 5.27. The molecule has 134 valence electrons. The second kappa shape index (κ2) is 7.06. The van der Waals surface area contributed by atoms with Gasteiger partial charge in [0, 0.05) is 6.20 Å². The quantitative estimate of drug-likeness (QED) is 0.781. The third-order valence-corrected chi connectivity index (χ3v) is 4.03. The average Bonchev–Trinajstić information content (AvgIpc) is 3.05. The molecule has 0 saturated heterocycles. The van der Waals surface area contributed by atoms with Crippen molar-refractivity contribution in [1.82, 2.24) is 9.78 Å². The highest BCUT2D eigenvalue weighted by Crippen LogP contribution is 2.22. The molecule has 0 aliphatic heterocycles. The minimum Gasteiger partial charge on any atom is -0.464 e. The molecule has 0 spiro atoms. The Labute approximate surface area is 147 Å². The lowest BCUT2D eigenvalue weighted by molar-refractivity contribution is -0.152. The minimum absolute atomic E-state index is 0.287. The normalized spacial score (nSPS) is 13.8. The Morgan fingerprint density at radius 2 is 1.88 bits per heavy atom. The number of nitrogens with one attached hydrogen (secondary N) is 1. The fraction of sp³-hybridized carbons (Fsp3) is 0.389. The van der Waals surface area contributed by atoms with Gasteiger partial charge in [-0.15, -0.1) is 0 Å². The van der Waals surface area contributed by atoms with Gasteiger partial charge in [-0.1, -0.05) is 30.3 Å². The Morgan fingerprint density at radius 1 is 1.24 bits per heavy atom. The predicted molar refractivity (Wildman–Crippen MR) is 94.8 cm³/mol. The van der Waals surface area contributed by atoms with Crippen LogP contribution < -0.4 is 11.1 Å². The van der Waals surface area contributed by atoms with Crippen LogP contribution in [0.2, 0.25) is 0 Å². The van der Waals surface area contributed by atoms with Gasteiger partial charge in [0.15, 0.2) is 5.54 Å². The average molecular weight is 344 g/mol. The molecule has 0 saturated carbocycles. The van der Waals surface area contributed by atoms with Crippen molar-refractivity contribution in [1.29, 1.82) is 0 Å². The highest BCUT2D eigenvalue weighted by molar-refractivity contribution is 5.98. The summed E-state index contributed by atoms with van der Waals surface area (Å²) in [5.41, 5.74) is 5.17. The molecule has 1 unspecified atom stereocenters. The molecule has 0 aliphatic rings. The maximum atomic E-state index is 12.6. The van der Waals surface area contributed by atoms with Gasteiger partial charge in [-0.3, -0.25) is 9.48 Å². The number of nitrogens with two attached hydrogens (primary N) is 1. The number of hydrogen-bond donors (Lipinski definition) is 2. The van der Waals surface area contributed by atoms with E-state index in [1.54, 1.807) is 46.0 Å². The van der Waals surface area contributed by atoms with Gasteiger partial charge in [-0.2, -0.15) is 5.10 Å². The van der Waals surface area contributed by atoms with E-state index in [1.165, 1.54) is 10.9 Å². The number of hydrogen-bond acceptors (Lipinski definition) is 5. The molecule has 1 aromatic carbocycles. The van der Waals surface area contributed by atoms with E-state index in [1.807, 2.05) is 18.2 Å². The van der Waals surface area contributed by atoms with E-state index in [4.69, 9.17) is 10.5 Å². The molecule has 3 N–H and O–H groups in total. The molecular formula is C18H24N4O3. The van der Waals surface area contributed by atoms with Gasteiger partial charge in [0.1, 0.15) is 5.54 Å². The lowest BCUT2D eigenvalue weighted by Crippen LogP contribution is -2.45. The van der Waals surface area contributed by atoms with Crippen molar-refractivity contribution in [2.75, 3.05) is 11.9 Å². The zero-order valence-electron chi connectivity index (χ0n) is 14.9. The molecule has 7 heteroatoms. The molecule has 7 nitrogen and oxygen atoms in total. The summed E-state index contributed by atoms with van der Waals surface area (Å²) in [5, 5.41) is 6.90. The molecule has 25 heavy (non-hydrogen) atoms. The van der Waals surface area contributed by atoms with Gasteiger partial charge in [-0.05, 0) is 33.3 Å².